The molecule has 2 rings (SSSR count). The van der Waals surface area contributed by atoms with Gasteiger partial charge in [0.25, 0.3) is 0 Å². The normalized spacial score (nSPS) is 29.2. The Hall–Kier alpha value is -0.930. The minimum atomic E-state index is -0.279. The lowest BCUT2D eigenvalue weighted by Gasteiger charge is -2.43. The molecule has 0 amide bonds. The average molecular weight is 265 g/mol. The number of benzene rings is 1. The molecule has 19 heavy (non-hydrogen) atoms. The summed E-state index contributed by atoms with van der Waals surface area (Å²) in [5.74, 6) is 0.521. The molecule has 0 spiro atoms. The molecule has 1 atom stereocenters. The van der Waals surface area contributed by atoms with Gasteiger partial charge in [0.05, 0.1) is 11.6 Å². The second-order valence-corrected chi connectivity index (χ2v) is 5.71. The Labute approximate surface area is 115 Å². The molecule has 1 aliphatic rings. The first kappa shape index (κ1) is 14.5. The van der Waals surface area contributed by atoms with Crippen molar-refractivity contribution in [1.29, 1.82) is 0 Å². The van der Waals surface area contributed by atoms with Gasteiger partial charge in [-0.2, -0.15) is 0 Å². The molecule has 1 fully saturated rings. The number of halogens is 1. The molecule has 3 heteroatoms. The van der Waals surface area contributed by atoms with Crippen LogP contribution in [0.5, 0.6) is 0 Å². The van der Waals surface area contributed by atoms with E-state index in [2.05, 4.69) is 6.92 Å². The third kappa shape index (κ3) is 3.15. The molecule has 1 aliphatic carbocycles. The SMILES string of the molecule is CCOC1(C(N)c2ccc(F)cc2)CCC(C)CC1. The van der Waals surface area contributed by atoms with Crippen LogP contribution in [0, 0.1) is 11.7 Å². The van der Waals surface area contributed by atoms with Crippen LogP contribution in [-0.4, -0.2) is 12.2 Å². The zero-order valence-electron chi connectivity index (χ0n) is 11.9. The topological polar surface area (TPSA) is 35.2 Å². The van der Waals surface area contributed by atoms with Crippen molar-refractivity contribution in [2.75, 3.05) is 6.61 Å². The summed E-state index contributed by atoms with van der Waals surface area (Å²) in [5.41, 5.74) is 7.12. The molecule has 0 aliphatic heterocycles. The summed E-state index contributed by atoms with van der Waals surface area (Å²) in [7, 11) is 0. The molecule has 2 nitrogen and oxygen atoms in total. The van der Waals surface area contributed by atoms with E-state index in [4.69, 9.17) is 10.5 Å². The van der Waals surface area contributed by atoms with Crippen LogP contribution in [0.1, 0.15) is 51.1 Å². The van der Waals surface area contributed by atoms with Gasteiger partial charge in [-0.15, -0.1) is 0 Å². The van der Waals surface area contributed by atoms with Crippen LogP contribution in [0.3, 0.4) is 0 Å². The van der Waals surface area contributed by atoms with E-state index in [9.17, 15) is 4.39 Å². The number of hydrogen-bond donors (Lipinski definition) is 1. The third-order valence-electron chi connectivity index (χ3n) is 4.35. The molecular weight excluding hydrogens is 241 g/mol. The second kappa shape index (κ2) is 6.02. The van der Waals surface area contributed by atoms with Gasteiger partial charge in [0.1, 0.15) is 5.82 Å². The van der Waals surface area contributed by atoms with Gasteiger partial charge in [-0.25, -0.2) is 4.39 Å². The zero-order valence-corrected chi connectivity index (χ0v) is 11.9. The van der Waals surface area contributed by atoms with E-state index >= 15 is 0 Å². The van der Waals surface area contributed by atoms with E-state index in [1.807, 2.05) is 6.92 Å². The molecule has 1 aromatic carbocycles. The van der Waals surface area contributed by atoms with Crippen LogP contribution in [0.4, 0.5) is 4.39 Å². The summed E-state index contributed by atoms with van der Waals surface area (Å²) in [5, 5.41) is 0. The van der Waals surface area contributed by atoms with Gasteiger partial charge in [-0.1, -0.05) is 19.1 Å². The fourth-order valence-corrected chi connectivity index (χ4v) is 3.06. The highest BCUT2D eigenvalue weighted by molar-refractivity contribution is 5.23. The standard InChI is InChI=1S/C16H24FNO/c1-3-19-16(10-8-12(2)9-11-16)15(18)13-4-6-14(17)7-5-13/h4-7,12,15H,3,8-11,18H2,1-2H3. The van der Waals surface area contributed by atoms with Gasteiger partial charge in [-0.05, 0) is 56.2 Å². The summed E-state index contributed by atoms with van der Waals surface area (Å²) in [6, 6.07) is 6.32. The predicted molar refractivity (Wildman–Crippen MR) is 75.3 cm³/mol. The molecule has 1 unspecified atom stereocenters. The molecule has 106 valence electrons. The predicted octanol–water partition coefficient (Wildman–Crippen LogP) is 3.81. The van der Waals surface area contributed by atoms with Gasteiger partial charge >= 0.3 is 0 Å². The highest BCUT2D eigenvalue weighted by Crippen LogP contribution is 2.42. The highest BCUT2D eigenvalue weighted by atomic mass is 19.1. The smallest absolute Gasteiger partial charge is 0.123 e. The van der Waals surface area contributed by atoms with Crippen molar-refractivity contribution in [3.63, 3.8) is 0 Å². The number of rotatable bonds is 4. The van der Waals surface area contributed by atoms with Crippen molar-refractivity contribution in [1.82, 2.24) is 0 Å². The van der Waals surface area contributed by atoms with Gasteiger partial charge in [-0.3, -0.25) is 0 Å². The molecule has 0 aromatic heterocycles. The lowest BCUT2D eigenvalue weighted by molar-refractivity contribution is -0.0896. The third-order valence-corrected chi connectivity index (χ3v) is 4.35. The summed E-state index contributed by atoms with van der Waals surface area (Å²) in [6.07, 6.45) is 4.27. The molecule has 0 bridgehead atoms. The monoisotopic (exact) mass is 265 g/mol. The van der Waals surface area contributed by atoms with Gasteiger partial charge in [0.2, 0.25) is 0 Å². The molecule has 1 saturated carbocycles. The van der Waals surface area contributed by atoms with Crippen molar-refractivity contribution in [3.8, 4) is 0 Å². The van der Waals surface area contributed by atoms with Crippen molar-refractivity contribution in [3.05, 3.63) is 35.6 Å². The van der Waals surface area contributed by atoms with Crippen LogP contribution in [0.25, 0.3) is 0 Å². The van der Waals surface area contributed by atoms with Gasteiger partial charge in [0.15, 0.2) is 0 Å². The quantitative estimate of drug-likeness (QED) is 0.898. The van der Waals surface area contributed by atoms with E-state index in [1.165, 1.54) is 12.1 Å². The van der Waals surface area contributed by atoms with Crippen molar-refractivity contribution < 1.29 is 9.13 Å². The summed E-state index contributed by atoms with van der Waals surface area (Å²) < 4.78 is 19.1. The highest BCUT2D eigenvalue weighted by Gasteiger charge is 2.40. The second-order valence-electron chi connectivity index (χ2n) is 5.71. The van der Waals surface area contributed by atoms with E-state index in [0.29, 0.717) is 6.61 Å². The number of ether oxygens (including phenoxy) is 1. The molecule has 0 saturated heterocycles. The molecule has 1 aromatic rings. The van der Waals surface area contributed by atoms with Crippen LogP contribution in [-0.2, 0) is 4.74 Å². The molecule has 0 radical (unpaired) electrons. The van der Waals surface area contributed by atoms with Crippen LogP contribution in [0.15, 0.2) is 24.3 Å². The van der Waals surface area contributed by atoms with E-state index in [0.717, 1.165) is 37.2 Å². The Balaban J connectivity index is 2.20. The maximum Gasteiger partial charge on any atom is 0.123 e. The Kier molecular flexibility index (Phi) is 4.58. The summed E-state index contributed by atoms with van der Waals surface area (Å²) in [4.78, 5) is 0. The van der Waals surface area contributed by atoms with Gasteiger partial charge < -0.3 is 10.5 Å². The van der Waals surface area contributed by atoms with Crippen LogP contribution >= 0.6 is 0 Å². The minimum absolute atomic E-state index is 0.180. The van der Waals surface area contributed by atoms with E-state index < -0.39 is 0 Å². The van der Waals surface area contributed by atoms with E-state index in [1.54, 1.807) is 12.1 Å². The minimum Gasteiger partial charge on any atom is -0.373 e. The van der Waals surface area contributed by atoms with Crippen molar-refractivity contribution in [2.24, 2.45) is 11.7 Å². The largest absolute Gasteiger partial charge is 0.373 e. The Morgan fingerprint density at radius 2 is 1.89 bits per heavy atom. The van der Waals surface area contributed by atoms with Crippen LogP contribution in [0.2, 0.25) is 0 Å². The Morgan fingerprint density at radius 1 is 1.32 bits per heavy atom. The Morgan fingerprint density at radius 3 is 2.42 bits per heavy atom. The van der Waals surface area contributed by atoms with Crippen LogP contribution < -0.4 is 5.73 Å². The van der Waals surface area contributed by atoms with E-state index in [-0.39, 0.29) is 17.5 Å². The zero-order chi connectivity index (χ0) is 13.9. The Bertz CT molecular complexity index is 396. The average Bonchev–Trinajstić information content (AvgIpc) is 2.42. The first-order chi connectivity index (χ1) is 9.07. The molecular formula is C16H24FNO. The molecule has 2 N–H and O–H groups in total. The lowest BCUT2D eigenvalue weighted by atomic mass is 9.73. The maximum atomic E-state index is 13.0. The fourth-order valence-electron chi connectivity index (χ4n) is 3.06. The number of hydrogen-bond acceptors (Lipinski definition) is 2. The van der Waals surface area contributed by atoms with Crippen molar-refractivity contribution >= 4 is 0 Å². The maximum absolute atomic E-state index is 13.0. The summed E-state index contributed by atoms with van der Waals surface area (Å²) in [6.45, 7) is 4.96. The number of nitrogens with two attached hydrogens (primary N) is 1. The van der Waals surface area contributed by atoms with Gasteiger partial charge in [0, 0.05) is 6.61 Å². The first-order valence-corrected chi connectivity index (χ1v) is 7.22. The fraction of sp³-hybridized carbons (Fsp3) is 0.625. The molecule has 0 heterocycles. The lowest BCUT2D eigenvalue weighted by Crippen LogP contribution is -2.46. The summed E-state index contributed by atoms with van der Waals surface area (Å²) >= 11 is 0. The first-order valence-electron chi connectivity index (χ1n) is 7.22. The van der Waals surface area contributed by atoms with Crippen molar-refractivity contribution in [2.45, 2.75) is 51.2 Å².